The number of nitrogens with zero attached hydrogens (tertiary/aromatic N) is 2. The molecule has 0 bridgehead atoms. The number of likely N-dealkylation sites (tertiary alicyclic amines) is 1. The summed E-state index contributed by atoms with van der Waals surface area (Å²) >= 11 is 12.4. The number of Topliss-reactive ketones (excluding diaryl/α,β-unsaturated/α-hetero) is 1. The predicted molar refractivity (Wildman–Crippen MR) is 135 cm³/mol. The topological polar surface area (TPSA) is 79.3 Å². The van der Waals surface area contributed by atoms with Gasteiger partial charge in [-0.05, 0) is 54.8 Å². The van der Waals surface area contributed by atoms with Gasteiger partial charge in [0.15, 0.2) is 0 Å². The minimum atomic E-state index is -0.781. The van der Waals surface area contributed by atoms with Gasteiger partial charge in [0, 0.05) is 31.7 Å². The summed E-state index contributed by atoms with van der Waals surface area (Å²) in [6.45, 7) is 6.03. The van der Waals surface area contributed by atoms with Crippen LogP contribution in [0.1, 0.15) is 29.2 Å². The Kier molecular flexibility index (Phi) is 8.02. The molecule has 2 aliphatic heterocycles. The molecule has 0 saturated carbocycles. The van der Waals surface area contributed by atoms with Crippen molar-refractivity contribution in [2.45, 2.75) is 19.4 Å². The summed E-state index contributed by atoms with van der Waals surface area (Å²) < 4.78 is 10.7. The minimum Gasteiger partial charge on any atom is -0.507 e. The molecule has 2 aromatic carbocycles. The second-order valence-corrected chi connectivity index (χ2v) is 9.47. The number of ether oxygens (including phenoxy) is 2. The molecule has 0 unspecified atom stereocenters. The lowest BCUT2D eigenvalue weighted by Gasteiger charge is -2.29. The predicted octanol–water partition coefficient (Wildman–Crippen LogP) is 4.45. The first kappa shape index (κ1) is 25.5. The third-order valence-electron chi connectivity index (χ3n) is 6.44. The number of aliphatic hydroxyl groups excluding tert-OH is 1. The molecule has 1 N–H and O–H groups in total. The van der Waals surface area contributed by atoms with Crippen molar-refractivity contribution in [3.05, 3.63) is 68.7 Å². The minimum absolute atomic E-state index is 0.0318. The number of halogens is 2. The van der Waals surface area contributed by atoms with Crippen molar-refractivity contribution in [3.63, 3.8) is 0 Å². The van der Waals surface area contributed by atoms with Gasteiger partial charge in [0.05, 0.1) is 42.0 Å². The number of benzene rings is 2. The molecule has 7 nitrogen and oxygen atoms in total. The van der Waals surface area contributed by atoms with Crippen LogP contribution in [0.2, 0.25) is 10.0 Å². The Labute approximate surface area is 214 Å². The number of hydrogen-bond acceptors (Lipinski definition) is 6. The summed E-state index contributed by atoms with van der Waals surface area (Å²) in [4.78, 5) is 30.2. The molecular weight excluding hydrogens is 491 g/mol. The monoisotopic (exact) mass is 518 g/mol. The lowest BCUT2D eigenvalue weighted by atomic mass is 9.94. The van der Waals surface area contributed by atoms with Gasteiger partial charge >= 0.3 is 0 Å². The van der Waals surface area contributed by atoms with Gasteiger partial charge in [0.1, 0.15) is 11.5 Å². The second kappa shape index (κ2) is 11.0. The molecule has 0 aliphatic carbocycles. The van der Waals surface area contributed by atoms with E-state index >= 15 is 0 Å². The van der Waals surface area contributed by atoms with E-state index in [0.717, 1.165) is 25.2 Å². The number of aliphatic hydroxyl groups is 1. The first-order valence-electron chi connectivity index (χ1n) is 11.5. The molecule has 4 rings (SSSR count). The summed E-state index contributed by atoms with van der Waals surface area (Å²) in [6, 6.07) is 9.33. The van der Waals surface area contributed by atoms with Gasteiger partial charge in [0.2, 0.25) is 0 Å². The fraction of sp³-hybridized carbons (Fsp3) is 0.385. The number of morpholine rings is 1. The molecule has 2 aromatic rings. The number of methoxy groups -OCH3 is 1. The third-order valence-corrected chi connectivity index (χ3v) is 7.18. The van der Waals surface area contributed by atoms with Gasteiger partial charge in [-0.3, -0.25) is 14.5 Å². The highest BCUT2D eigenvalue weighted by Gasteiger charge is 2.46. The Morgan fingerprint density at radius 3 is 2.49 bits per heavy atom. The van der Waals surface area contributed by atoms with Gasteiger partial charge in [-0.1, -0.05) is 29.3 Å². The maximum atomic E-state index is 13.2. The molecule has 0 spiro atoms. The Balaban J connectivity index is 1.71. The average molecular weight is 519 g/mol. The largest absolute Gasteiger partial charge is 0.507 e. The molecule has 2 heterocycles. The second-order valence-electron chi connectivity index (χ2n) is 8.66. The number of ketones is 1. The van der Waals surface area contributed by atoms with Gasteiger partial charge in [0.25, 0.3) is 11.7 Å². The highest BCUT2D eigenvalue weighted by atomic mass is 35.5. The van der Waals surface area contributed by atoms with Crippen LogP contribution in [0, 0.1) is 6.92 Å². The number of aryl methyl sites for hydroxylation is 1. The van der Waals surface area contributed by atoms with Gasteiger partial charge in [-0.2, -0.15) is 0 Å². The van der Waals surface area contributed by atoms with Crippen LogP contribution in [0.3, 0.4) is 0 Å². The van der Waals surface area contributed by atoms with Crippen LogP contribution in [0.4, 0.5) is 0 Å². The summed E-state index contributed by atoms with van der Waals surface area (Å²) in [6.07, 6.45) is 0.673. The summed E-state index contributed by atoms with van der Waals surface area (Å²) in [5.41, 5.74) is 1.86. The van der Waals surface area contributed by atoms with E-state index < -0.39 is 17.7 Å². The Bertz CT molecular complexity index is 1160. The van der Waals surface area contributed by atoms with Crippen molar-refractivity contribution in [1.29, 1.82) is 0 Å². The van der Waals surface area contributed by atoms with Crippen LogP contribution >= 0.6 is 23.2 Å². The molecule has 1 atom stereocenters. The van der Waals surface area contributed by atoms with E-state index in [0.29, 0.717) is 53.1 Å². The van der Waals surface area contributed by atoms with Gasteiger partial charge in [-0.15, -0.1) is 0 Å². The van der Waals surface area contributed by atoms with E-state index in [1.54, 1.807) is 43.5 Å². The van der Waals surface area contributed by atoms with Crippen LogP contribution in [0.5, 0.6) is 5.75 Å². The van der Waals surface area contributed by atoms with Crippen molar-refractivity contribution >= 4 is 40.7 Å². The Morgan fingerprint density at radius 1 is 1.09 bits per heavy atom. The van der Waals surface area contributed by atoms with Crippen LogP contribution in [-0.4, -0.2) is 73.1 Å². The molecule has 186 valence electrons. The molecule has 0 aromatic heterocycles. The van der Waals surface area contributed by atoms with Crippen molar-refractivity contribution in [2.24, 2.45) is 0 Å². The summed E-state index contributed by atoms with van der Waals surface area (Å²) in [7, 11) is 1.56. The van der Waals surface area contributed by atoms with E-state index in [4.69, 9.17) is 32.7 Å². The van der Waals surface area contributed by atoms with Crippen LogP contribution in [0.25, 0.3) is 5.76 Å². The highest BCUT2D eigenvalue weighted by Crippen LogP contribution is 2.41. The number of rotatable bonds is 7. The van der Waals surface area contributed by atoms with E-state index in [1.807, 2.05) is 6.92 Å². The zero-order valence-corrected chi connectivity index (χ0v) is 21.2. The Hall–Kier alpha value is -2.58. The zero-order valence-electron chi connectivity index (χ0n) is 19.7. The normalized spacial score (nSPS) is 20.5. The average Bonchev–Trinajstić information content (AvgIpc) is 3.11. The maximum Gasteiger partial charge on any atom is 0.295 e. The molecule has 1 amide bonds. The van der Waals surface area contributed by atoms with Crippen molar-refractivity contribution in [3.8, 4) is 5.75 Å². The van der Waals surface area contributed by atoms with Crippen molar-refractivity contribution in [2.75, 3.05) is 46.5 Å². The van der Waals surface area contributed by atoms with Gasteiger partial charge in [-0.25, -0.2) is 0 Å². The fourth-order valence-corrected chi connectivity index (χ4v) is 4.92. The molecule has 2 aliphatic rings. The molecular formula is C26H28Cl2N2O5. The summed E-state index contributed by atoms with van der Waals surface area (Å²) in [5.74, 6) is -0.944. The standard InChI is InChI=1S/C26H28Cl2N2O5/c1-16-14-18(5-7-21(16)34-2)24(31)22-23(17-4-6-19(27)20(28)15-17)30(26(33)25(22)32)9-3-8-29-10-12-35-13-11-29/h4-7,14-15,23,31H,3,8-13H2,1-2H3/t23-/m1/s1. The third kappa shape index (κ3) is 5.33. The van der Waals surface area contributed by atoms with Gasteiger partial charge < -0.3 is 19.5 Å². The number of carbonyl (C=O) groups excluding carboxylic acids is 2. The smallest absolute Gasteiger partial charge is 0.295 e. The van der Waals surface area contributed by atoms with Crippen LogP contribution < -0.4 is 4.74 Å². The molecule has 35 heavy (non-hydrogen) atoms. The molecule has 0 radical (unpaired) electrons. The van der Waals surface area contributed by atoms with Crippen molar-refractivity contribution < 1.29 is 24.2 Å². The SMILES string of the molecule is COc1ccc(C(O)=C2C(=O)C(=O)N(CCCN3CCOCC3)[C@@H]2c2ccc(Cl)c(Cl)c2)cc1C. The fourth-order valence-electron chi connectivity index (χ4n) is 4.61. The number of hydrogen-bond donors (Lipinski definition) is 1. The van der Waals surface area contributed by atoms with Crippen LogP contribution in [0.15, 0.2) is 42.0 Å². The molecule has 9 heteroatoms. The molecule has 2 fully saturated rings. The van der Waals surface area contributed by atoms with E-state index in [9.17, 15) is 14.7 Å². The first-order chi connectivity index (χ1) is 16.8. The quantitative estimate of drug-likeness (QED) is 0.331. The van der Waals surface area contributed by atoms with E-state index in [2.05, 4.69) is 4.90 Å². The molecule has 2 saturated heterocycles. The van der Waals surface area contributed by atoms with Crippen molar-refractivity contribution in [1.82, 2.24) is 9.80 Å². The lowest BCUT2D eigenvalue weighted by molar-refractivity contribution is -0.140. The van der Waals surface area contributed by atoms with Crippen LogP contribution in [-0.2, 0) is 14.3 Å². The lowest BCUT2D eigenvalue weighted by Crippen LogP contribution is -2.38. The Morgan fingerprint density at radius 2 is 1.83 bits per heavy atom. The van der Waals surface area contributed by atoms with E-state index in [1.165, 1.54) is 4.90 Å². The van der Waals surface area contributed by atoms with E-state index in [-0.39, 0.29) is 11.3 Å². The summed E-state index contributed by atoms with van der Waals surface area (Å²) in [5, 5.41) is 11.9. The number of amides is 1. The first-order valence-corrected chi connectivity index (χ1v) is 12.3. The number of carbonyl (C=O) groups is 2. The maximum absolute atomic E-state index is 13.2. The zero-order chi connectivity index (χ0) is 25.1. The highest BCUT2D eigenvalue weighted by molar-refractivity contribution is 6.46.